The van der Waals surface area contributed by atoms with Gasteiger partial charge in [0, 0.05) is 6.42 Å². The number of hydrogen-bond acceptors (Lipinski definition) is 13. The van der Waals surface area contributed by atoms with E-state index in [0.717, 1.165) is 51.4 Å². The first-order chi connectivity index (χ1) is 48.6. The molecule has 0 radical (unpaired) electrons. The predicted molar refractivity (Wildman–Crippen MR) is 411 cm³/mol. The lowest BCUT2D eigenvalue weighted by atomic mass is 9.97. The van der Waals surface area contributed by atoms with Crippen molar-refractivity contribution in [1.29, 1.82) is 0 Å². The lowest BCUT2D eigenvalue weighted by molar-refractivity contribution is -0.359. The molecular formula is C85H165NO13. The van der Waals surface area contributed by atoms with E-state index in [1.165, 1.54) is 353 Å². The number of carbonyl (C=O) groups is 1. The fourth-order valence-electron chi connectivity index (χ4n) is 14.9. The van der Waals surface area contributed by atoms with Crippen molar-refractivity contribution in [3.8, 4) is 0 Å². The van der Waals surface area contributed by atoms with Gasteiger partial charge in [0.25, 0.3) is 0 Å². The maximum atomic E-state index is 13.4. The minimum Gasteiger partial charge on any atom is -0.394 e. The van der Waals surface area contributed by atoms with Gasteiger partial charge in [-0.1, -0.05) is 398 Å². The van der Waals surface area contributed by atoms with Gasteiger partial charge in [-0.05, 0) is 38.5 Å². The summed E-state index contributed by atoms with van der Waals surface area (Å²) in [5.41, 5.74) is 0. The Labute approximate surface area is 609 Å². The van der Waals surface area contributed by atoms with Crippen LogP contribution in [-0.2, 0) is 23.7 Å². The van der Waals surface area contributed by atoms with Crippen LogP contribution in [0, 0.1) is 0 Å². The number of rotatable bonds is 75. The van der Waals surface area contributed by atoms with Crippen LogP contribution in [0.15, 0.2) is 12.2 Å². The molecule has 9 N–H and O–H groups in total. The summed E-state index contributed by atoms with van der Waals surface area (Å²) < 4.78 is 23.0. The van der Waals surface area contributed by atoms with Crippen LogP contribution in [0.4, 0.5) is 0 Å². The summed E-state index contributed by atoms with van der Waals surface area (Å²) in [6, 6.07) is -0.827. The molecular weight excluding hydrogens is 1240 g/mol. The normalized spacial score (nSPS) is 21.9. The molecule has 14 heteroatoms. The van der Waals surface area contributed by atoms with Crippen molar-refractivity contribution in [2.75, 3.05) is 19.8 Å². The van der Waals surface area contributed by atoms with Gasteiger partial charge in [0.2, 0.25) is 5.91 Å². The molecule has 0 aromatic heterocycles. The van der Waals surface area contributed by atoms with Crippen LogP contribution in [0.2, 0.25) is 0 Å². The number of amides is 1. The molecule has 2 rings (SSSR count). The van der Waals surface area contributed by atoms with E-state index in [9.17, 15) is 45.6 Å². The van der Waals surface area contributed by atoms with Gasteiger partial charge in [-0.2, -0.15) is 0 Å². The third-order valence-corrected chi connectivity index (χ3v) is 21.7. The molecule has 588 valence electrons. The fraction of sp³-hybridized carbons (Fsp3) is 0.965. The number of allylic oxidation sites excluding steroid dienone is 2. The fourth-order valence-corrected chi connectivity index (χ4v) is 14.9. The first kappa shape index (κ1) is 93.8. The van der Waals surface area contributed by atoms with E-state index in [2.05, 4.69) is 31.3 Å². The third kappa shape index (κ3) is 52.4. The Morgan fingerprint density at radius 2 is 0.636 bits per heavy atom. The summed E-state index contributed by atoms with van der Waals surface area (Å²) in [6.07, 6.45) is 72.8. The summed E-state index contributed by atoms with van der Waals surface area (Å²) in [5, 5.41) is 88.0. The summed E-state index contributed by atoms with van der Waals surface area (Å²) in [5.74, 6) is -0.195. The Balaban J connectivity index is 1.57. The quantitative estimate of drug-likeness (QED) is 0.0204. The van der Waals surface area contributed by atoms with E-state index >= 15 is 0 Å². The van der Waals surface area contributed by atoms with Crippen molar-refractivity contribution in [3.05, 3.63) is 12.2 Å². The van der Waals surface area contributed by atoms with E-state index in [1.807, 2.05) is 0 Å². The van der Waals surface area contributed by atoms with E-state index in [0.29, 0.717) is 12.8 Å². The van der Waals surface area contributed by atoms with Crippen LogP contribution >= 0.6 is 0 Å². The minimum atomic E-state index is -1.78. The smallest absolute Gasteiger partial charge is 0.220 e. The Morgan fingerprint density at radius 1 is 0.354 bits per heavy atom. The first-order valence-electron chi connectivity index (χ1n) is 43.4. The highest BCUT2D eigenvalue weighted by Crippen LogP contribution is 2.31. The number of aliphatic hydroxyl groups excluding tert-OH is 8. The molecule has 12 atom stereocenters. The molecule has 2 saturated heterocycles. The van der Waals surface area contributed by atoms with E-state index < -0.39 is 86.8 Å². The summed E-state index contributed by atoms with van der Waals surface area (Å²) in [6.45, 7) is 2.95. The highest BCUT2D eigenvalue weighted by molar-refractivity contribution is 5.76. The average Bonchev–Trinajstić information content (AvgIpc) is 0.793. The van der Waals surface area contributed by atoms with Crippen molar-refractivity contribution >= 4 is 5.91 Å². The monoisotopic (exact) mass is 1410 g/mol. The molecule has 0 aromatic rings. The van der Waals surface area contributed by atoms with Gasteiger partial charge >= 0.3 is 0 Å². The van der Waals surface area contributed by atoms with Crippen molar-refractivity contribution in [2.24, 2.45) is 0 Å². The summed E-state index contributed by atoms with van der Waals surface area (Å²) >= 11 is 0. The largest absolute Gasteiger partial charge is 0.394 e. The van der Waals surface area contributed by atoms with Gasteiger partial charge < -0.3 is 65.1 Å². The number of aliphatic hydroxyl groups is 8. The topological polar surface area (TPSA) is 228 Å². The number of ether oxygens (including phenoxy) is 4. The molecule has 2 heterocycles. The van der Waals surface area contributed by atoms with E-state index in [4.69, 9.17) is 18.9 Å². The van der Waals surface area contributed by atoms with E-state index in [-0.39, 0.29) is 12.5 Å². The van der Waals surface area contributed by atoms with Gasteiger partial charge in [-0.25, -0.2) is 0 Å². The molecule has 14 nitrogen and oxygen atoms in total. The Hall–Kier alpha value is -1.27. The van der Waals surface area contributed by atoms with Gasteiger partial charge in [-0.15, -0.1) is 0 Å². The molecule has 1 amide bonds. The second kappa shape index (κ2) is 69.8. The lowest BCUT2D eigenvalue weighted by Crippen LogP contribution is -2.65. The highest BCUT2D eigenvalue weighted by atomic mass is 16.7. The van der Waals surface area contributed by atoms with Gasteiger partial charge in [0.1, 0.15) is 48.8 Å². The van der Waals surface area contributed by atoms with Gasteiger partial charge in [0.05, 0.1) is 32.0 Å². The summed E-state index contributed by atoms with van der Waals surface area (Å²) in [7, 11) is 0. The molecule has 12 unspecified atom stereocenters. The standard InChI is InChI=1S/C85H165NO13/c1-3-5-7-9-11-13-15-17-19-21-23-25-27-29-31-33-35-37-39-41-43-45-47-49-51-53-55-57-59-61-63-65-67-69-77(90)86-73(72-96-84-82(95)80(93)83(76(71-88)98-84)99-85-81(94)79(92)78(91)75(70-87)97-85)74(89)68-66-64-62-60-58-56-54-52-50-48-46-44-42-40-38-36-34-32-30-28-26-24-22-20-18-16-14-12-10-8-6-4-2/h21,23,73-76,78-85,87-89,91-95H,3-20,22,24-72H2,1-2H3,(H,86,90)/b23-21-. The molecule has 0 aromatic carbocycles. The zero-order chi connectivity index (χ0) is 71.5. The highest BCUT2D eigenvalue weighted by Gasteiger charge is 2.51. The zero-order valence-electron chi connectivity index (χ0n) is 64.8. The SMILES string of the molecule is CCCCCCCCCC/C=C\CCCCCCCCCCCCCCCCCCCCCCCC(=O)NC(COC1OC(CO)C(OC2OC(CO)C(O)C(O)C2O)C(O)C1O)C(O)CCCCCCCCCCCCCCCCCCCCCCCCCCCCCCCCCC. The van der Waals surface area contributed by atoms with Crippen molar-refractivity contribution in [3.63, 3.8) is 0 Å². The van der Waals surface area contributed by atoms with Crippen LogP contribution < -0.4 is 5.32 Å². The van der Waals surface area contributed by atoms with E-state index in [1.54, 1.807) is 0 Å². The Bertz CT molecular complexity index is 1710. The molecule has 0 bridgehead atoms. The van der Waals surface area contributed by atoms with Crippen LogP contribution in [0.5, 0.6) is 0 Å². The number of carbonyl (C=O) groups excluding carboxylic acids is 1. The second-order valence-corrected chi connectivity index (χ2v) is 31.0. The van der Waals surface area contributed by atoms with Crippen LogP contribution in [-0.4, -0.2) is 140 Å². The van der Waals surface area contributed by atoms with Crippen LogP contribution in [0.25, 0.3) is 0 Å². The maximum Gasteiger partial charge on any atom is 0.220 e. The van der Waals surface area contributed by atoms with Crippen molar-refractivity contribution in [2.45, 2.75) is 505 Å². The molecule has 99 heavy (non-hydrogen) atoms. The molecule has 0 saturated carbocycles. The molecule has 2 aliphatic heterocycles. The molecule has 2 fully saturated rings. The minimum absolute atomic E-state index is 0.195. The van der Waals surface area contributed by atoms with Crippen LogP contribution in [0.1, 0.15) is 431 Å². The second-order valence-electron chi connectivity index (χ2n) is 31.0. The molecule has 2 aliphatic rings. The molecule has 0 aliphatic carbocycles. The third-order valence-electron chi connectivity index (χ3n) is 21.7. The van der Waals surface area contributed by atoms with Crippen LogP contribution in [0.3, 0.4) is 0 Å². The number of hydrogen-bond donors (Lipinski definition) is 9. The zero-order valence-corrected chi connectivity index (χ0v) is 64.8. The Morgan fingerprint density at radius 3 is 0.960 bits per heavy atom. The number of unbranched alkanes of at least 4 members (excludes halogenated alkanes) is 60. The maximum absolute atomic E-state index is 13.4. The number of nitrogens with one attached hydrogen (secondary N) is 1. The predicted octanol–water partition coefficient (Wildman–Crippen LogP) is 20.4. The van der Waals surface area contributed by atoms with Crippen molar-refractivity contribution in [1.82, 2.24) is 5.32 Å². The molecule has 0 spiro atoms. The van der Waals surface area contributed by atoms with Gasteiger partial charge in [0.15, 0.2) is 12.6 Å². The average molecular weight is 1410 g/mol. The van der Waals surface area contributed by atoms with Gasteiger partial charge in [-0.3, -0.25) is 4.79 Å². The first-order valence-corrected chi connectivity index (χ1v) is 43.4. The lowest BCUT2D eigenvalue weighted by Gasteiger charge is -2.46. The van der Waals surface area contributed by atoms with Crippen molar-refractivity contribution < 1.29 is 64.6 Å². The Kier molecular flexibility index (Phi) is 66.1. The summed E-state index contributed by atoms with van der Waals surface area (Å²) in [4.78, 5) is 13.4.